The Morgan fingerprint density at radius 1 is 1.40 bits per heavy atom. The quantitative estimate of drug-likeness (QED) is 0.346. The molecule has 0 saturated carbocycles. The zero-order valence-corrected chi connectivity index (χ0v) is 14.8. The van der Waals surface area contributed by atoms with E-state index in [-0.39, 0.29) is 17.1 Å². The minimum Gasteiger partial charge on any atom is -0.448 e. The Morgan fingerprint density at radius 3 is 2.92 bits per heavy atom. The molecular weight excluding hydrogens is 444 g/mol. The van der Waals surface area contributed by atoms with E-state index in [0.717, 1.165) is 3.57 Å². The fourth-order valence-electron chi connectivity index (χ4n) is 2.21. The molecule has 130 valence electrons. The second-order valence-corrected chi connectivity index (χ2v) is 6.34. The molecule has 7 nitrogen and oxygen atoms in total. The minimum absolute atomic E-state index is 0.156. The number of aromatic nitrogens is 1. The molecule has 0 aliphatic rings. The van der Waals surface area contributed by atoms with Gasteiger partial charge in [-0.1, -0.05) is 0 Å². The smallest absolute Gasteiger partial charge is 0.291 e. The highest BCUT2D eigenvalue weighted by molar-refractivity contribution is 14.1. The van der Waals surface area contributed by atoms with Gasteiger partial charge in [-0.25, -0.2) is 4.39 Å². The van der Waals surface area contributed by atoms with Gasteiger partial charge in [-0.05, 0) is 46.9 Å². The van der Waals surface area contributed by atoms with Crippen LogP contribution in [-0.2, 0) is 0 Å². The van der Waals surface area contributed by atoms with Crippen molar-refractivity contribution in [2.75, 3.05) is 11.9 Å². The molecule has 25 heavy (non-hydrogen) atoms. The summed E-state index contributed by atoms with van der Waals surface area (Å²) in [7, 11) is 0. The minimum atomic E-state index is -1.44. The Labute approximate surface area is 155 Å². The number of carbonyl (C=O) groups is 1. The van der Waals surface area contributed by atoms with Crippen LogP contribution in [0.2, 0.25) is 0 Å². The van der Waals surface area contributed by atoms with Gasteiger partial charge >= 0.3 is 0 Å². The SMILES string of the molecule is O=C(N[C@H](O)CO)c1oc2ccncc2c1Nc1ccc(I)cc1F. The number of nitrogens with one attached hydrogen (secondary N) is 2. The molecule has 2 aromatic heterocycles. The normalized spacial score (nSPS) is 12.2. The number of aliphatic hydroxyl groups excluding tert-OH is 2. The topological polar surface area (TPSA) is 108 Å². The van der Waals surface area contributed by atoms with Gasteiger partial charge in [0.15, 0.2) is 0 Å². The van der Waals surface area contributed by atoms with Gasteiger partial charge in [-0.3, -0.25) is 9.78 Å². The van der Waals surface area contributed by atoms with Crippen LogP contribution in [0.5, 0.6) is 0 Å². The summed E-state index contributed by atoms with van der Waals surface area (Å²) < 4.78 is 20.4. The predicted molar refractivity (Wildman–Crippen MR) is 97.0 cm³/mol. The summed E-state index contributed by atoms with van der Waals surface area (Å²) in [6.45, 7) is -0.651. The number of anilines is 2. The third kappa shape index (κ3) is 3.72. The first kappa shape index (κ1) is 17.6. The van der Waals surface area contributed by atoms with Crippen molar-refractivity contribution in [3.8, 4) is 0 Å². The summed E-state index contributed by atoms with van der Waals surface area (Å²) in [6.07, 6.45) is 1.53. The van der Waals surface area contributed by atoms with E-state index in [4.69, 9.17) is 9.52 Å². The standard InChI is InChI=1S/C16H13FIN3O4/c17-10-5-8(18)1-2-11(10)20-14-9-6-19-4-3-12(9)25-15(14)16(24)21-13(23)7-22/h1-6,13,20,22-23H,7H2,(H,21,24)/t13-/m1/s1. The molecule has 2 heterocycles. The van der Waals surface area contributed by atoms with E-state index in [2.05, 4.69) is 15.6 Å². The molecule has 0 fully saturated rings. The summed E-state index contributed by atoms with van der Waals surface area (Å²) in [5.74, 6) is -1.41. The van der Waals surface area contributed by atoms with Crippen molar-refractivity contribution < 1.29 is 23.8 Å². The number of halogens is 2. The van der Waals surface area contributed by atoms with Crippen LogP contribution in [0, 0.1) is 9.39 Å². The average Bonchev–Trinajstić information content (AvgIpc) is 2.96. The fourth-order valence-corrected chi connectivity index (χ4v) is 2.67. The van der Waals surface area contributed by atoms with Gasteiger partial charge in [0.1, 0.15) is 23.3 Å². The summed E-state index contributed by atoms with van der Waals surface area (Å²) in [4.78, 5) is 16.3. The highest BCUT2D eigenvalue weighted by atomic mass is 127. The molecule has 0 saturated heterocycles. The molecule has 4 N–H and O–H groups in total. The molecule has 0 aliphatic heterocycles. The molecule has 0 spiro atoms. The van der Waals surface area contributed by atoms with Gasteiger partial charge < -0.3 is 25.3 Å². The fraction of sp³-hybridized carbons (Fsp3) is 0.125. The van der Waals surface area contributed by atoms with Crippen molar-refractivity contribution in [2.24, 2.45) is 0 Å². The van der Waals surface area contributed by atoms with Crippen LogP contribution in [0.4, 0.5) is 15.8 Å². The number of amides is 1. The van der Waals surface area contributed by atoms with Crippen LogP contribution < -0.4 is 10.6 Å². The van der Waals surface area contributed by atoms with Gasteiger partial charge in [-0.2, -0.15) is 0 Å². The second kappa shape index (κ2) is 7.33. The van der Waals surface area contributed by atoms with Crippen LogP contribution in [0.15, 0.2) is 41.1 Å². The number of aliphatic hydroxyl groups is 2. The first-order chi connectivity index (χ1) is 12.0. The number of furan rings is 1. The third-order valence-electron chi connectivity index (χ3n) is 3.36. The molecule has 0 aliphatic carbocycles. The Bertz CT molecular complexity index is 931. The van der Waals surface area contributed by atoms with Crippen LogP contribution in [-0.4, -0.2) is 33.9 Å². The summed E-state index contributed by atoms with van der Waals surface area (Å²) in [5, 5.41) is 23.8. The highest BCUT2D eigenvalue weighted by Crippen LogP contribution is 2.33. The van der Waals surface area contributed by atoms with E-state index >= 15 is 0 Å². The Morgan fingerprint density at radius 2 is 2.20 bits per heavy atom. The number of carbonyl (C=O) groups excluding carboxylic acids is 1. The van der Waals surface area contributed by atoms with Crippen LogP contribution >= 0.6 is 22.6 Å². The van der Waals surface area contributed by atoms with Crippen molar-refractivity contribution in [2.45, 2.75) is 6.23 Å². The average molecular weight is 457 g/mol. The Balaban J connectivity index is 2.05. The monoisotopic (exact) mass is 457 g/mol. The number of hydrogen-bond donors (Lipinski definition) is 4. The molecule has 1 atom stereocenters. The maximum Gasteiger partial charge on any atom is 0.291 e. The molecule has 0 radical (unpaired) electrons. The maximum absolute atomic E-state index is 14.2. The number of hydrogen-bond acceptors (Lipinski definition) is 6. The van der Waals surface area contributed by atoms with Crippen molar-refractivity contribution in [1.82, 2.24) is 10.3 Å². The van der Waals surface area contributed by atoms with Crippen molar-refractivity contribution in [3.63, 3.8) is 0 Å². The Hall–Kier alpha value is -2.24. The number of nitrogens with zero attached hydrogens (tertiary/aromatic N) is 1. The summed E-state index contributed by atoms with van der Waals surface area (Å²) in [6, 6.07) is 6.15. The maximum atomic E-state index is 14.2. The van der Waals surface area contributed by atoms with Gasteiger partial charge in [0.2, 0.25) is 5.76 Å². The molecule has 0 bridgehead atoms. The van der Waals surface area contributed by atoms with Crippen LogP contribution in [0.3, 0.4) is 0 Å². The summed E-state index contributed by atoms with van der Waals surface area (Å²) in [5.41, 5.74) is 0.738. The molecular formula is C16H13FIN3O4. The molecule has 9 heteroatoms. The number of rotatable bonds is 5. The van der Waals surface area contributed by atoms with E-state index in [1.165, 1.54) is 24.5 Å². The van der Waals surface area contributed by atoms with E-state index in [1.54, 1.807) is 12.1 Å². The lowest BCUT2D eigenvalue weighted by Gasteiger charge is -2.11. The molecule has 3 rings (SSSR count). The lowest BCUT2D eigenvalue weighted by Crippen LogP contribution is -2.37. The first-order valence-corrected chi connectivity index (χ1v) is 8.26. The van der Waals surface area contributed by atoms with Gasteiger partial charge in [0, 0.05) is 16.0 Å². The largest absolute Gasteiger partial charge is 0.448 e. The van der Waals surface area contributed by atoms with E-state index in [1.807, 2.05) is 22.6 Å². The van der Waals surface area contributed by atoms with Gasteiger partial charge in [0.25, 0.3) is 5.91 Å². The number of pyridine rings is 1. The van der Waals surface area contributed by atoms with Gasteiger partial charge in [-0.15, -0.1) is 0 Å². The van der Waals surface area contributed by atoms with Gasteiger partial charge in [0.05, 0.1) is 17.7 Å². The molecule has 1 amide bonds. The first-order valence-electron chi connectivity index (χ1n) is 7.18. The second-order valence-electron chi connectivity index (χ2n) is 5.10. The summed E-state index contributed by atoms with van der Waals surface area (Å²) >= 11 is 1.99. The zero-order valence-electron chi connectivity index (χ0n) is 12.7. The van der Waals surface area contributed by atoms with E-state index in [0.29, 0.717) is 11.0 Å². The predicted octanol–water partition coefficient (Wildman–Crippen LogP) is 2.36. The van der Waals surface area contributed by atoms with Crippen LogP contribution in [0.1, 0.15) is 10.6 Å². The zero-order chi connectivity index (χ0) is 18.0. The lowest BCUT2D eigenvalue weighted by molar-refractivity contribution is 0.0533. The molecule has 3 aromatic rings. The highest BCUT2D eigenvalue weighted by Gasteiger charge is 2.23. The van der Waals surface area contributed by atoms with Crippen LogP contribution in [0.25, 0.3) is 11.0 Å². The third-order valence-corrected chi connectivity index (χ3v) is 4.03. The molecule has 0 unspecified atom stereocenters. The van der Waals surface area contributed by atoms with E-state index in [9.17, 15) is 14.3 Å². The van der Waals surface area contributed by atoms with Crippen molar-refractivity contribution in [3.05, 3.63) is 51.8 Å². The number of benzene rings is 1. The van der Waals surface area contributed by atoms with Crippen molar-refractivity contribution >= 4 is 50.8 Å². The lowest BCUT2D eigenvalue weighted by atomic mass is 10.2. The van der Waals surface area contributed by atoms with Crippen molar-refractivity contribution in [1.29, 1.82) is 0 Å². The molecule has 1 aromatic carbocycles. The Kier molecular flexibility index (Phi) is 5.16. The number of fused-ring (bicyclic) bond motifs is 1. The van der Waals surface area contributed by atoms with E-state index < -0.39 is 24.6 Å².